The Morgan fingerprint density at radius 3 is 2.76 bits per heavy atom. The minimum atomic E-state index is -0.304. The predicted octanol–water partition coefficient (Wildman–Crippen LogP) is 2.53. The first-order chi connectivity index (χ1) is 12.1. The van der Waals surface area contributed by atoms with Gasteiger partial charge in [-0.15, -0.1) is 11.3 Å². The Morgan fingerprint density at radius 2 is 2.00 bits per heavy atom. The van der Waals surface area contributed by atoms with Crippen LogP contribution in [0.2, 0.25) is 0 Å². The SMILES string of the molecule is COCCOc1ccccc1C(=O)Nc1nc(CCC(=O)OC)cs1. The number of hydrogen-bond acceptors (Lipinski definition) is 7. The molecule has 0 atom stereocenters. The second-order valence-corrected chi connectivity index (χ2v) is 5.87. The summed E-state index contributed by atoms with van der Waals surface area (Å²) in [6, 6.07) is 6.98. The van der Waals surface area contributed by atoms with Gasteiger partial charge in [0.2, 0.25) is 0 Å². The van der Waals surface area contributed by atoms with Crippen molar-refractivity contribution in [1.29, 1.82) is 0 Å². The predicted molar refractivity (Wildman–Crippen MR) is 94.2 cm³/mol. The molecule has 1 heterocycles. The first kappa shape index (κ1) is 18.9. The molecule has 1 aromatic carbocycles. The molecule has 0 spiro atoms. The summed E-state index contributed by atoms with van der Waals surface area (Å²) in [6.07, 6.45) is 0.722. The van der Waals surface area contributed by atoms with Crippen molar-refractivity contribution in [3.8, 4) is 5.75 Å². The summed E-state index contributed by atoms with van der Waals surface area (Å²) >= 11 is 1.30. The Kier molecular flexibility index (Phi) is 7.36. The maximum absolute atomic E-state index is 12.5. The molecule has 1 N–H and O–H groups in total. The molecule has 0 aliphatic heterocycles. The normalized spacial score (nSPS) is 10.3. The van der Waals surface area contributed by atoms with Gasteiger partial charge in [-0.25, -0.2) is 4.98 Å². The molecule has 0 aliphatic carbocycles. The second-order valence-electron chi connectivity index (χ2n) is 5.01. The van der Waals surface area contributed by atoms with Crippen LogP contribution in [0.3, 0.4) is 0 Å². The lowest BCUT2D eigenvalue weighted by Gasteiger charge is -2.10. The summed E-state index contributed by atoms with van der Waals surface area (Å²) in [5.74, 6) is -0.109. The maximum Gasteiger partial charge on any atom is 0.305 e. The van der Waals surface area contributed by atoms with Gasteiger partial charge >= 0.3 is 5.97 Å². The highest BCUT2D eigenvalue weighted by molar-refractivity contribution is 7.14. The number of nitrogens with one attached hydrogen (secondary N) is 1. The Morgan fingerprint density at radius 1 is 1.20 bits per heavy atom. The van der Waals surface area contributed by atoms with Crippen LogP contribution in [0.5, 0.6) is 5.75 Å². The van der Waals surface area contributed by atoms with Crippen LogP contribution < -0.4 is 10.1 Å². The van der Waals surface area contributed by atoms with E-state index in [0.29, 0.717) is 36.1 Å². The fourth-order valence-electron chi connectivity index (χ4n) is 1.99. The summed E-state index contributed by atoms with van der Waals surface area (Å²) in [5, 5.41) is 5.03. The number of esters is 1. The van der Waals surface area contributed by atoms with E-state index in [1.54, 1.807) is 36.8 Å². The van der Waals surface area contributed by atoms with Crippen molar-refractivity contribution in [3.63, 3.8) is 0 Å². The number of ether oxygens (including phenoxy) is 3. The van der Waals surface area contributed by atoms with Gasteiger partial charge < -0.3 is 14.2 Å². The molecule has 0 bridgehead atoms. The van der Waals surface area contributed by atoms with Gasteiger partial charge in [0, 0.05) is 18.9 Å². The summed E-state index contributed by atoms with van der Waals surface area (Å²) in [4.78, 5) is 27.9. The highest BCUT2D eigenvalue weighted by Crippen LogP contribution is 2.22. The van der Waals surface area contributed by atoms with Crippen LogP contribution in [0.25, 0.3) is 0 Å². The summed E-state index contributed by atoms with van der Waals surface area (Å²) in [5.41, 5.74) is 1.15. The topological polar surface area (TPSA) is 86.8 Å². The highest BCUT2D eigenvalue weighted by Gasteiger charge is 2.14. The molecule has 134 valence electrons. The fraction of sp³-hybridized carbons (Fsp3) is 0.353. The lowest BCUT2D eigenvalue weighted by molar-refractivity contribution is -0.140. The van der Waals surface area contributed by atoms with E-state index in [1.807, 2.05) is 0 Å². The van der Waals surface area contributed by atoms with E-state index in [0.717, 1.165) is 5.69 Å². The number of carbonyl (C=O) groups is 2. The average Bonchev–Trinajstić information content (AvgIpc) is 3.07. The van der Waals surface area contributed by atoms with Crippen molar-refractivity contribution in [2.75, 3.05) is 32.8 Å². The zero-order valence-corrected chi connectivity index (χ0v) is 14.9. The van der Waals surface area contributed by atoms with Crippen LogP contribution in [-0.2, 0) is 20.7 Å². The zero-order valence-electron chi connectivity index (χ0n) is 14.1. The van der Waals surface area contributed by atoms with Gasteiger partial charge in [-0.1, -0.05) is 12.1 Å². The Hall–Kier alpha value is -2.45. The molecule has 0 saturated carbocycles. The van der Waals surface area contributed by atoms with Gasteiger partial charge in [0.15, 0.2) is 5.13 Å². The number of thiazole rings is 1. The highest BCUT2D eigenvalue weighted by atomic mass is 32.1. The number of carbonyl (C=O) groups excluding carboxylic acids is 2. The van der Waals surface area contributed by atoms with Crippen LogP contribution >= 0.6 is 11.3 Å². The monoisotopic (exact) mass is 364 g/mol. The third-order valence-corrected chi connectivity index (χ3v) is 4.07. The van der Waals surface area contributed by atoms with Crippen LogP contribution in [0.15, 0.2) is 29.6 Å². The van der Waals surface area contributed by atoms with Crippen LogP contribution in [0.4, 0.5) is 5.13 Å². The van der Waals surface area contributed by atoms with Crippen molar-refractivity contribution >= 4 is 28.3 Å². The average molecular weight is 364 g/mol. The lowest BCUT2D eigenvalue weighted by atomic mass is 10.2. The number of aromatic nitrogens is 1. The Labute approximate surface area is 149 Å². The van der Waals surface area contributed by atoms with Crippen LogP contribution in [-0.4, -0.2) is 44.3 Å². The molecule has 1 amide bonds. The molecule has 0 radical (unpaired) electrons. The lowest BCUT2D eigenvalue weighted by Crippen LogP contribution is -2.14. The number of para-hydroxylation sites is 1. The number of methoxy groups -OCH3 is 2. The standard InChI is InChI=1S/C17H20N2O5S/c1-22-9-10-24-14-6-4-3-5-13(14)16(21)19-17-18-12(11-25-17)7-8-15(20)23-2/h3-6,11H,7-10H2,1-2H3,(H,18,19,21). The smallest absolute Gasteiger partial charge is 0.305 e. The minimum absolute atomic E-state index is 0.254. The molecule has 0 aliphatic rings. The number of rotatable bonds is 9. The largest absolute Gasteiger partial charge is 0.490 e. The first-order valence-corrected chi connectivity index (χ1v) is 8.55. The number of benzene rings is 1. The van der Waals surface area contributed by atoms with Crippen molar-refractivity contribution in [2.45, 2.75) is 12.8 Å². The quantitative estimate of drug-likeness (QED) is 0.543. The third kappa shape index (κ3) is 5.84. The molecule has 0 saturated heterocycles. The molecule has 2 rings (SSSR count). The maximum atomic E-state index is 12.5. The van der Waals surface area contributed by atoms with Crippen molar-refractivity contribution < 1.29 is 23.8 Å². The Bertz CT molecular complexity index is 717. The molecule has 25 heavy (non-hydrogen) atoms. The summed E-state index contributed by atoms with van der Waals surface area (Å²) in [6.45, 7) is 0.793. The first-order valence-electron chi connectivity index (χ1n) is 7.67. The third-order valence-electron chi connectivity index (χ3n) is 3.26. The van der Waals surface area contributed by atoms with Gasteiger partial charge in [-0.3, -0.25) is 14.9 Å². The van der Waals surface area contributed by atoms with Gasteiger partial charge in [-0.2, -0.15) is 0 Å². The zero-order chi connectivity index (χ0) is 18.1. The van der Waals surface area contributed by atoms with E-state index in [1.165, 1.54) is 18.4 Å². The van der Waals surface area contributed by atoms with Gasteiger partial charge in [-0.05, 0) is 12.1 Å². The summed E-state index contributed by atoms with van der Waals surface area (Å²) in [7, 11) is 2.93. The molecular formula is C17H20N2O5S. The van der Waals surface area contributed by atoms with E-state index in [4.69, 9.17) is 9.47 Å². The van der Waals surface area contributed by atoms with Crippen molar-refractivity contribution in [2.24, 2.45) is 0 Å². The van der Waals surface area contributed by atoms with Gasteiger partial charge in [0.1, 0.15) is 12.4 Å². The molecular weight excluding hydrogens is 344 g/mol. The van der Waals surface area contributed by atoms with E-state index in [9.17, 15) is 9.59 Å². The molecule has 0 unspecified atom stereocenters. The Balaban J connectivity index is 1.98. The van der Waals surface area contributed by atoms with Crippen LogP contribution in [0, 0.1) is 0 Å². The van der Waals surface area contributed by atoms with Crippen LogP contribution in [0.1, 0.15) is 22.5 Å². The minimum Gasteiger partial charge on any atom is -0.490 e. The number of aryl methyl sites for hydroxylation is 1. The summed E-state index contributed by atoms with van der Waals surface area (Å²) < 4.78 is 15.1. The number of amides is 1. The van der Waals surface area contributed by atoms with Gasteiger partial charge in [0.05, 0.1) is 31.4 Å². The molecule has 7 nitrogen and oxygen atoms in total. The molecule has 1 aromatic heterocycles. The molecule has 8 heteroatoms. The molecule has 2 aromatic rings. The van der Waals surface area contributed by atoms with E-state index in [2.05, 4.69) is 15.0 Å². The van der Waals surface area contributed by atoms with Gasteiger partial charge in [0.25, 0.3) is 5.91 Å². The molecule has 0 fully saturated rings. The van der Waals surface area contributed by atoms with E-state index < -0.39 is 0 Å². The number of anilines is 1. The fourth-order valence-corrected chi connectivity index (χ4v) is 2.73. The van der Waals surface area contributed by atoms with E-state index in [-0.39, 0.29) is 18.3 Å². The van der Waals surface area contributed by atoms with Crippen molar-refractivity contribution in [1.82, 2.24) is 4.98 Å². The second kappa shape index (κ2) is 9.75. The van der Waals surface area contributed by atoms with Crippen molar-refractivity contribution in [3.05, 3.63) is 40.9 Å². The number of nitrogens with zero attached hydrogens (tertiary/aromatic N) is 1. The number of hydrogen-bond donors (Lipinski definition) is 1. The van der Waals surface area contributed by atoms with E-state index >= 15 is 0 Å².